The van der Waals surface area contributed by atoms with E-state index in [-0.39, 0.29) is 6.10 Å². The van der Waals surface area contributed by atoms with Gasteiger partial charge in [0.05, 0.1) is 12.7 Å². The fourth-order valence-corrected chi connectivity index (χ4v) is 1.93. The number of aliphatic hydroxyl groups excluding tert-OH is 1. The van der Waals surface area contributed by atoms with E-state index in [1.54, 1.807) is 7.11 Å². The van der Waals surface area contributed by atoms with Crippen molar-refractivity contribution in [2.45, 2.75) is 51.7 Å². The lowest BCUT2D eigenvalue weighted by atomic mass is 10.0. The van der Waals surface area contributed by atoms with Gasteiger partial charge in [0, 0.05) is 7.11 Å². The van der Waals surface area contributed by atoms with Crippen LogP contribution in [0.5, 0.6) is 0 Å². The summed E-state index contributed by atoms with van der Waals surface area (Å²) < 4.78 is 5.06. The molecule has 0 aliphatic carbocycles. The summed E-state index contributed by atoms with van der Waals surface area (Å²) in [5, 5.41) is 10.0. The molecule has 0 radical (unpaired) electrons. The monoisotopic (exact) mass is 236 g/mol. The van der Waals surface area contributed by atoms with Gasteiger partial charge in [-0.1, -0.05) is 56.9 Å². The van der Waals surface area contributed by atoms with E-state index in [4.69, 9.17) is 4.74 Å². The van der Waals surface area contributed by atoms with Crippen LogP contribution in [0.25, 0.3) is 0 Å². The van der Waals surface area contributed by atoms with Crippen molar-refractivity contribution in [3.05, 3.63) is 35.4 Å². The first-order chi connectivity index (χ1) is 8.27. The molecule has 0 bridgehead atoms. The summed E-state index contributed by atoms with van der Waals surface area (Å²) in [5.74, 6) is 0. The summed E-state index contributed by atoms with van der Waals surface area (Å²) in [6.07, 6.45) is 5.37. The third-order valence-electron chi connectivity index (χ3n) is 3.01. The summed E-state index contributed by atoms with van der Waals surface area (Å²) in [4.78, 5) is 0. The second-order valence-electron chi connectivity index (χ2n) is 4.54. The van der Waals surface area contributed by atoms with Crippen LogP contribution in [0.4, 0.5) is 0 Å². The zero-order valence-corrected chi connectivity index (χ0v) is 11.0. The molecule has 1 aromatic rings. The first kappa shape index (κ1) is 14.2. The third-order valence-corrected chi connectivity index (χ3v) is 3.01. The number of hydrogen-bond donors (Lipinski definition) is 1. The molecule has 0 fully saturated rings. The van der Waals surface area contributed by atoms with Gasteiger partial charge < -0.3 is 9.84 Å². The van der Waals surface area contributed by atoms with Gasteiger partial charge in [-0.15, -0.1) is 0 Å². The smallest absolute Gasteiger partial charge is 0.0790 e. The van der Waals surface area contributed by atoms with E-state index >= 15 is 0 Å². The third kappa shape index (κ3) is 5.33. The van der Waals surface area contributed by atoms with Crippen molar-refractivity contribution in [1.29, 1.82) is 0 Å². The maximum absolute atomic E-state index is 10.0. The van der Waals surface area contributed by atoms with Crippen molar-refractivity contribution >= 4 is 0 Å². The molecule has 96 valence electrons. The van der Waals surface area contributed by atoms with Crippen LogP contribution in [-0.4, -0.2) is 12.2 Å². The van der Waals surface area contributed by atoms with Crippen molar-refractivity contribution in [2.75, 3.05) is 7.11 Å². The summed E-state index contributed by atoms with van der Waals surface area (Å²) in [6, 6.07) is 8.04. The molecule has 0 saturated carbocycles. The van der Waals surface area contributed by atoms with Crippen LogP contribution in [0.3, 0.4) is 0 Å². The number of unbranched alkanes of at least 4 members (excludes halogenated alkanes) is 3. The first-order valence-corrected chi connectivity index (χ1v) is 6.53. The van der Waals surface area contributed by atoms with Gasteiger partial charge in [0.2, 0.25) is 0 Å². The average molecular weight is 236 g/mol. The summed E-state index contributed by atoms with van der Waals surface area (Å²) in [6.45, 7) is 2.83. The Balaban J connectivity index is 2.37. The summed E-state index contributed by atoms with van der Waals surface area (Å²) in [5.41, 5.74) is 2.16. The Labute approximate surface area is 105 Å². The van der Waals surface area contributed by atoms with Gasteiger partial charge in [-0.05, 0) is 17.5 Å². The standard InChI is InChI=1S/C15H24O2/c1-3-4-5-6-7-15(16)14-10-8-13(9-11-14)12-17-2/h8-11,15-16H,3-7,12H2,1-2H3. The molecule has 0 aliphatic heterocycles. The molecule has 1 N–H and O–H groups in total. The Morgan fingerprint density at radius 3 is 2.41 bits per heavy atom. The minimum absolute atomic E-state index is 0.316. The van der Waals surface area contributed by atoms with Crippen molar-refractivity contribution < 1.29 is 9.84 Å². The number of rotatable bonds is 8. The van der Waals surface area contributed by atoms with Gasteiger partial charge in [0.25, 0.3) is 0 Å². The van der Waals surface area contributed by atoms with Crippen LogP contribution >= 0.6 is 0 Å². The van der Waals surface area contributed by atoms with Crippen molar-refractivity contribution in [3.8, 4) is 0 Å². The second kappa shape index (κ2) is 8.26. The predicted molar refractivity (Wildman–Crippen MR) is 70.9 cm³/mol. The van der Waals surface area contributed by atoms with Crippen LogP contribution < -0.4 is 0 Å². The lowest BCUT2D eigenvalue weighted by molar-refractivity contribution is 0.163. The van der Waals surface area contributed by atoms with Gasteiger partial charge in [-0.2, -0.15) is 0 Å². The highest BCUT2D eigenvalue weighted by atomic mass is 16.5. The lowest BCUT2D eigenvalue weighted by Gasteiger charge is -2.11. The molecule has 2 heteroatoms. The molecule has 0 aliphatic rings. The molecule has 1 aromatic carbocycles. The van der Waals surface area contributed by atoms with Crippen LogP contribution in [0.1, 0.15) is 56.3 Å². The summed E-state index contributed by atoms with van der Waals surface area (Å²) in [7, 11) is 1.69. The van der Waals surface area contributed by atoms with E-state index in [0.717, 1.165) is 24.0 Å². The van der Waals surface area contributed by atoms with Gasteiger partial charge in [0.1, 0.15) is 0 Å². The zero-order valence-electron chi connectivity index (χ0n) is 11.0. The van der Waals surface area contributed by atoms with E-state index < -0.39 is 0 Å². The van der Waals surface area contributed by atoms with E-state index in [1.165, 1.54) is 19.3 Å². The van der Waals surface area contributed by atoms with Crippen LogP contribution in [0.15, 0.2) is 24.3 Å². The molecule has 1 atom stereocenters. The number of methoxy groups -OCH3 is 1. The Morgan fingerprint density at radius 1 is 1.12 bits per heavy atom. The SMILES string of the molecule is CCCCCCC(O)c1ccc(COC)cc1. The quantitative estimate of drug-likeness (QED) is 0.695. The average Bonchev–Trinajstić information content (AvgIpc) is 2.36. The zero-order chi connectivity index (χ0) is 12.5. The van der Waals surface area contributed by atoms with Gasteiger partial charge in [0.15, 0.2) is 0 Å². The topological polar surface area (TPSA) is 29.5 Å². The van der Waals surface area contributed by atoms with Crippen molar-refractivity contribution in [2.24, 2.45) is 0 Å². The lowest BCUT2D eigenvalue weighted by Crippen LogP contribution is -1.98. The molecule has 17 heavy (non-hydrogen) atoms. The second-order valence-corrected chi connectivity index (χ2v) is 4.54. The normalized spacial score (nSPS) is 12.6. The molecule has 0 saturated heterocycles. The Bertz CT molecular complexity index is 292. The van der Waals surface area contributed by atoms with E-state index in [1.807, 2.05) is 24.3 Å². The number of aliphatic hydroxyl groups is 1. The van der Waals surface area contributed by atoms with E-state index in [9.17, 15) is 5.11 Å². The largest absolute Gasteiger partial charge is 0.388 e. The Hall–Kier alpha value is -0.860. The van der Waals surface area contributed by atoms with Gasteiger partial charge >= 0.3 is 0 Å². The number of benzene rings is 1. The molecule has 1 unspecified atom stereocenters. The van der Waals surface area contributed by atoms with Gasteiger partial charge in [-0.25, -0.2) is 0 Å². The predicted octanol–water partition coefficient (Wildman–Crippen LogP) is 3.84. The Kier molecular flexibility index (Phi) is 6.90. The highest BCUT2D eigenvalue weighted by Gasteiger charge is 2.06. The van der Waals surface area contributed by atoms with Crippen LogP contribution in [0, 0.1) is 0 Å². The number of hydrogen-bond acceptors (Lipinski definition) is 2. The maximum atomic E-state index is 10.0. The highest BCUT2D eigenvalue weighted by molar-refractivity contribution is 5.23. The minimum Gasteiger partial charge on any atom is -0.388 e. The fourth-order valence-electron chi connectivity index (χ4n) is 1.93. The van der Waals surface area contributed by atoms with Crippen molar-refractivity contribution in [1.82, 2.24) is 0 Å². The number of ether oxygens (including phenoxy) is 1. The van der Waals surface area contributed by atoms with Gasteiger partial charge in [-0.3, -0.25) is 0 Å². The molecule has 1 rings (SSSR count). The van der Waals surface area contributed by atoms with Crippen molar-refractivity contribution in [3.63, 3.8) is 0 Å². The van der Waals surface area contributed by atoms with Crippen LogP contribution in [0.2, 0.25) is 0 Å². The Morgan fingerprint density at radius 2 is 1.82 bits per heavy atom. The summed E-state index contributed by atoms with van der Waals surface area (Å²) >= 11 is 0. The molecule has 0 amide bonds. The van der Waals surface area contributed by atoms with E-state index in [2.05, 4.69) is 6.92 Å². The molecular weight excluding hydrogens is 212 g/mol. The van der Waals surface area contributed by atoms with E-state index in [0.29, 0.717) is 6.61 Å². The minimum atomic E-state index is -0.316. The fraction of sp³-hybridized carbons (Fsp3) is 0.600. The first-order valence-electron chi connectivity index (χ1n) is 6.53. The molecule has 0 aromatic heterocycles. The maximum Gasteiger partial charge on any atom is 0.0790 e. The molecule has 0 spiro atoms. The van der Waals surface area contributed by atoms with Crippen LogP contribution in [-0.2, 0) is 11.3 Å². The molecular formula is C15H24O2. The molecule has 0 heterocycles. The highest BCUT2D eigenvalue weighted by Crippen LogP contribution is 2.20. The molecule has 2 nitrogen and oxygen atoms in total.